The van der Waals surface area contributed by atoms with Gasteiger partial charge in [0.2, 0.25) is 0 Å². The predicted octanol–water partition coefficient (Wildman–Crippen LogP) is 1.80. The van der Waals surface area contributed by atoms with Crippen LogP contribution in [0.25, 0.3) is 16.4 Å². The zero-order valence-electron chi connectivity index (χ0n) is 17.1. The van der Waals surface area contributed by atoms with Crippen molar-refractivity contribution in [2.75, 3.05) is 24.5 Å². The number of aryl methyl sites for hydroxylation is 1. The van der Waals surface area contributed by atoms with E-state index in [0.717, 1.165) is 40.9 Å². The van der Waals surface area contributed by atoms with E-state index in [4.69, 9.17) is 5.10 Å². The second-order valence-electron chi connectivity index (χ2n) is 7.93. The molecule has 1 N–H and O–H groups in total. The van der Waals surface area contributed by atoms with Gasteiger partial charge in [-0.05, 0) is 19.1 Å². The fraction of sp³-hybridized carbons (Fsp3) is 0.304. The number of fused-ring (bicyclic) bond motifs is 3. The summed E-state index contributed by atoms with van der Waals surface area (Å²) >= 11 is 0. The van der Waals surface area contributed by atoms with Crippen molar-refractivity contribution < 1.29 is 9.69 Å². The van der Waals surface area contributed by atoms with Crippen LogP contribution in [0.2, 0.25) is 0 Å². The number of nitrogens with zero attached hydrogens (tertiary/aromatic N) is 5. The number of hydrogen-bond acceptors (Lipinski definition) is 4. The van der Waals surface area contributed by atoms with Crippen molar-refractivity contribution in [1.82, 2.24) is 19.8 Å². The molecule has 1 saturated heterocycles. The predicted molar refractivity (Wildman–Crippen MR) is 115 cm³/mol. The van der Waals surface area contributed by atoms with Crippen LogP contribution < -0.4 is 9.80 Å². The number of para-hydroxylation sites is 1. The smallest absolute Gasteiger partial charge is 0.282 e. The molecule has 0 bridgehead atoms. The van der Waals surface area contributed by atoms with Crippen molar-refractivity contribution >= 4 is 28.0 Å². The van der Waals surface area contributed by atoms with Gasteiger partial charge in [-0.15, -0.1) is 10.2 Å². The lowest BCUT2D eigenvalue weighted by Gasteiger charge is -2.23. The lowest BCUT2D eigenvalue weighted by atomic mass is 10.1. The van der Waals surface area contributed by atoms with E-state index in [1.807, 2.05) is 66.4 Å². The Bertz CT molecular complexity index is 1200. The first-order valence-corrected chi connectivity index (χ1v) is 10.5. The maximum Gasteiger partial charge on any atom is 0.282 e. The Labute approximate surface area is 174 Å². The third kappa shape index (κ3) is 3.41. The van der Waals surface area contributed by atoms with E-state index in [1.54, 1.807) is 4.52 Å². The number of benzene rings is 2. The topological polar surface area (TPSA) is 67.8 Å². The minimum atomic E-state index is 0.104. The number of quaternary nitrogens is 1. The molecule has 0 saturated carbocycles. The normalized spacial score (nSPS) is 14.6. The average molecular weight is 401 g/mol. The Balaban J connectivity index is 1.53. The van der Waals surface area contributed by atoms with Gasteiger partial charge in [0, 0.05) is 29.3 Å². The Hall–Kier alpha value is -3.32. The molecule has 7 heteroatoms. The molecule has 7 nitrogen and oxygen atoms in total. The summed E-state index contributed by atoms with van der Waals surface area (Å²) in [7, 11) is 0. The number of rotatable bonds is 5. The number of nitrogens with one attached hydrogen (secondary N) is 1. The van der Waals surface area contributed by atoms with E-state index in [-0.39, 0.29) is 5.91 Å². The second-order valence-corrected chi connectivity index (χ2v) is 7.93. The van der Waals surface area contributed by atoms with Crippen LogP contribution >= 0.6 is 0 Å². The van der Waals surface area contributed by atoms with Gasteiger partial charge in [0.25, 0.3) is 5.91 Å². The number of aromatic nitrogens is 4. The van der Waals surface area contributed by atoms with Crippen molar-refractivity contribution in [1.29, 1.82) is 0 Å². The number of amides is 1. The number of anilines is 1. The summed E-state index contributed by atoms with van der Waals surface area (Å²) < 4.78 is 1.78. The summed E-state index contributed by atoms with van der Waals surface area (Å²) in [5.41, 5.74) is 2.51. The highest BCUT2D eigenvalue weighted by Crippen LogP contribution is 2.22. The molecule has 0 spiro atoms. The van der Waals surface area contributed by atoms with E-state index in [1.165, 1.54) is 17.7 Å². The van der Waals surface area contributed by atoms with E-state index < -0.39 is 0 Å². The maximum absolute atomic E-state index is 13.3. The molecule has 1 amide bonds. The molecule has 2 aromatic carbocycles. The van der Waals surface area contributed by atoms with E-state index in [0.29, 0.717) is 18.9 Å². The molecule has 0 unspecified atom stereocenters. The van der Waals surface area contributed by atoms with Crippen LogP contribution in [0.3, 0.4) is 0 Å². The van der Waals surface area contributed by atoms with Crippen molar-refractivity contribution in [3.8, 4) is 0 Å². The number of hydrogen-bond donors (Lipinski definition) is 1. The molecule has 0 radical (unpaired) electrons. The van der Waals surface area contributed by atoms with Crippen LogP contribution in [0.1, 0.15) is 24.4 Å². The van der Waals surface area contributed by atoms with Crippen molar-refractivity contribution in [2.24, 2.45) is 0 Å². The van der Waals surface area contributed by atoms with Gasteiger partial charge in [0.1, 0.15) is 0 Å². The molecule has 152 valence electrons. The van der Waals surface area contributed by atoms with Crippen LogP contribution in [-0.2, 0) is 11.3 Å². The molecular formula is C23H25N6O+. The van der Waals surface area contributed by atoms with Gasteiger partial charge < -0.3 is 4.90 Å². The summed E-state index contributed by atoms with van der Waals surface area (Å²) in [5.74, 6) is 0.764. The lowest BCUT2D eigenvalue weighted by molar-refractivity contribution is -0.878. The minimum Gasteiger partial charge on any atom is -0.327 e. The van der Waals surface area contributed by atoms with Gasteiger partial charge in [-0.25, -0.2) is 0 Å². The van der Waals surface area contributed by atoms with Gasteiger partial charge in [-0.1, -0.05) is 42.5 Å². The van der Waals surface area contributed by atoms with Crippen LogP contribution in [0, 0.1) is 6.92 Å². The van der Waals surface area contributed by atoms with Gasteiger partial charge in [0.05, 0.1) is 25.3 Å². The van der Waals surface area contributed by atoms with E-state index in [9.17, 15) is 4.79 Å². The molecule has 0 aliphatic carbocycles. The second kappa shape index (κ2) is 7.84. The number of carbonyl (C=O) groups excluding carboxylic acids is 1. The first-order chi connectivity index (χ1) is 14.7. The average Bonchev–Trinajstić information content (AvgIpc) is 3.43. The first kappa shape index (κ1) is 18.7. The highest BCUT2D eigenvalue weighted by molar-refractivity contribution is 5.95. The summed E-state index contributed by atoms with van der Waals surface area (Å²) in [5, 5.41) is 15.6. The molecule has 4 aromatic rings. The summed E-state index contributed by atoms with van der Waals surface area (Å²) in [4.78, 5) is 16.4. The SMILES string of the molecule is Cc1nn2c(CN(C(=O)C[NH+]3CCCC3)c3ccccc3)nnc2c2ccccc12. The van der Waals surface area contributed by atoms with Gasteiger partial charge in [-0.3, -0.25) is 9.69 Å². The van der Waals surface area contributed by atoms with Crippen molar-refractivity contribution in [3.63, 3.8) is 0 Å². The molecule has 1 aliphatic rings. The summed E-state index contributed by atoms with van der Waals surface area (Å²) in [6.07, 6.45) is 2.39. The first-order valence-electron chi connectivity index (χ1n) is 10.5. The minimum absolute atomic E-state index is 0.104. The van der Waals surface area contributed by atoms with Gasteiger partial charge in [-0.2, -0.15) is 9.61 Å². The highest BCUT2D eigenvalue weighted by atomic mass is 16.2. The Morgan fingerprint density at radius 2 is 1.70 bits per heavy atom. The molecular weight excluding hydrogens is 376 g/mol. The fourth-order valence-corrected chi connectivity index (χ4v) is 4.32. The standard InChI is InChI=1S/C23H24N6O/c1-17-19-11-5-6-12-20(19)23-25-24-21(29(23)26-17)15-28(18-9-3-2-4-10-18)22(30)16-27-13-7-8-14-27/h2-6,9-12H,7-8,13-16H2,1H3/p+1. The monoisotopic (exact) mass is 401 g/mol. The Morgan fingerprint density at radius 3 is 2.47 bits per heavy atom. The Morgan fingerprint density at radius 1 is 1.00 bits per heavy atom. The van der Waals surface area contributed by atoms with E-state index in [2.05, 4.69) is 10.2 Å². The zero-order valence-corrected chi connectivity index (χ0v) is 17.1. The van der Waals surface area contributed by atoms with Crippen LogP contribution in [-0.4, -0.2) is 45.4 Å². The third-order valence-corrected chi connectivity index (χ3v) is 5.89. The van der Waals surface area contributed by atoms with Crippen molar-refractivity contribution in [3.05, 3.63) is 66.1 Å². The largest absolute Gasteiger partial charge is 0.327 e. The fourth-order valence-electron chi connectivity index (χ4n) is 4.32. The summed E-state index contributed by atoms with van der Waals surface area (Å²) in [6.45, 7) is 4.95. The number of likely N-dealkylation sites (tertiary alicyclic amines) is 1. The molecule has 3 heterocycles. The molecule has 1 fully saturated rings. The molecule has 5 rings (SSSR count). The molecule has 0 atom stereocenters. The van der Waals surface area contributed by atoms with Crippen LogP contribution in [0.5, 0.6) is 0 Å². The molecule has 2 aromatic heterocycles. The van der Waals surface area contributed by atoms with Crippen molar-refractivity contribution in [2.45, 2.75) is 26.3 Å². The quantitative estimate of drug-likeness (QED) is 0.554. The summed E-state index contributed by atoms with van der Waals surface area (Å²) in [6, 6.07) is 17.9. The zero-order chi connectivity index (χ0) is 20.5. The van der Waals surface area contributed by atoms with Gasteiger partial charge in [0.15, 0.2) is 18.0 Å². The maximum atomic E-state index is 13.3. The highest BCUT2D eigenvalue weighted by Gasteiger charge is 2.26. The molecule has 30 heavy (non-hydrogen) atoms. The van der Waals surface area contributed by atoms with Gasteiger partial charge >= 0.3 is 0 Å². The van der Waals surface area contributed by atoms with Crippen LogP contribution in [0.15, 0.2) is 54.6 Å². The van der Waals surface area contributed by atoms with Crippen LogP contribution in [0.4, 0.5) is 5.69 Å². The molecule has 1 aliphatic heterocycles. The van der Waals surface area contributed by atoms with E-state index >= 15 is 0 Å². The Kier molecular flexibility index (Phi) is 4.88. The third-order valence-electron chi connectivity index (χ3n) is 5.89. The lowest BCUT2D eigenvalue weighted by Crippen LogP contribution is -3.11. The number of carbonyl (C=O) groups is 1.